The van der Waals surface area contributed by atoms with E-state index in [0.29, 0.717) is 6.42 Å². The van der Waals surface area contributed by atoms with Crippen molar-refractivity contribution >= 4 is 77.0 Å². The van der Waals surface area contributed by atoms with Crippen LogP contribution in [-0.2, 0) is 19.1 Å². The zero-order chi connectivity index (χ0) is 16.8. The molecule has 6 nitrogen and oxygen atoms in total. The Labute approximate surface area is 189 Å². The van der Waals surface area contributed by atoms with Crippen LogP contribution in [0.4, 0.5) is 0 Å². The molecule has 0 aromatic carbocycles. The van der Waals surface area contributed by atoms with Gasteiger partial charge in [0.2, 0.25) is 0 Å². The van der Waals surface area contributed by atoms with Gasteiger partial charge in [-0.05, 0) is 6.42 Å². The minimum absolute atomic E-state index is 0. The molecular formula is C16H31NNa2O5. The maximum atomic E-state index is 11.4. The van der Waals surface area contributed by atoms with Crippen molar-refractivity contribution in [1.29, 1.82) is 0 Å². The Hall–Kier alpha value is 0.570. The number of hydrogen-bond acceptors (Lipinski definition) is 5. The Kier molecular flexibility index (Phi) is 24.3. The first-order chi connectivity index (χ1) is 10.5. The molecule has 0 heterocycles. The van der Waals surface area contributed by atoms with Crippen LogP contribution < -0.4 is 5.73 Å². The summed E-state index contributed by atoms with van der Waals surface area (Å²) in [5.74, 6) is -2.80. The third-order valence-corrected chi connectivity index (χ3v) is 3.40. The number of carboxylic acid groups (broad SMARTS) is 1. The molecular weight excluding hydrogens is 332 g/mol. The second-order valence-corrected chi connectivity index (χ2v) is 5.58. The van der Waals surface area contributed by atoms with Gasteiger partial charge in [-0.3, -0.25) is 9.59 Å². The fourth-order valence-corrected chi connectivity index (χ4v) is 2.09. The monoisotopic (exact) mass is 363 g/mol. The summed E-state index contributed by atoms with van der Waals surface area (Å²) >= 11 is 0. The standard InChI is InChI=1S/C16H29NO5.2Na.2H/c1-2-3-4-5-6-7-8-9-10-11-15(20)22-16(21)13(17)12-14(18)19;;;;/h13H,2-12,17H2,1H3,(H,18,19);;;;. The Balaban J connectivity index is -0.00000220. The number of aliphatic carboxylic acids is 1. The molecule has 0 amide bonds. The molecule has 0 fully saturated rings. The Morgan fingerprint density at radius 1 is 0.917 bits per heavy atom. The summed E-state index contributed by atoms with van der Waals surface area (Å²) < 4.78 is 4.52. The first-order valence-corrected chi connectivity index (χ1v) is 8.19. The number of carbonyl (C=O) groups excluding carboxylic acids is 2. The van der Waals surface area contributed by atoms with Gasteiger partial charge in [0.05, 0.1) is 6.42 Å². The summed E-state index contributed by atoms with van der Waals surface area (Å²) in [6.07, 6.45) is 9.81. The number of ether oxygens (including phenoxy) is 1. The number of hydrogen-bond donors (Lipinski definition) is 2. The molecule has 0 aliphatic rings. The average Bonchev–Trinajstić information content (AvgIpc) is 2.44. The van der Waals surface area contributed by atoms with Gasteiger partial charge in [-0.1, -0.05) is 58.3 Å². The van der Waals surface area contributed by atoms with E-state index in [1.807, 2.05) is 0 Å². The molecule has 3 N–H and O–H groups in total. The van der Waals surface area contributed by atoms with Crippen molar-refractivity contribution in [3.8, 4) is 0 Å². The maximum absolute atomic E-state index is 11.4. The Bertz CT molecular complexity index is 353. The summed E-state index contributed by atoms with van der Waals surface area (Å²) in [6, 6.07) is -1.29. The van der Waals surface area contributed by atoms with Gasteiger partial charge in [0, 0.05) is 6.42 Å². The second kappa shape index (κ2) is 19.9. The number of esters is 2. The molecule has 0 rings (SSSR count). The van der Waals surface area contributed by atoms with Gasteiger partial charge < -0.3 is 15.6 Å². The SMILES string of the molecule is CCCCCCCCCCCC(=O)OC(=O)C(N)CC(=O)O.[NaH].[NaH]. The third-order valence-electron chi connectivity index (χ3n) is 3.40. The molecule has 0 aliphatic heterocycles. The molecule has 24 heavy (non-hydrogen) atoms. The average molecular weight is 363 g/mol. The zero-order valence-electron chi connectivity index (χ0n) is 13.5. The van der Waals surface area contributed by atoms with Gasteiger partial charge in [-0.15, -0.1) is 0 Å². The number of carboxylic acids is 1. The van der Waals surface area contributed by atoms with E-state index in [4.69, 9.17) is 10.8 Å². The first kappa shape index (κ1) is 29.3. The van der Waals surface area contributed by atoms with Crippen LogP contribution in [0.1, 0.15) is 77.6 Å². The van der Waals surface area contributed by atoms with E-state index in [1.165, 1.54) is 38.5 Å². The first-order valence-electron chi connectivity index (χ1n) is 8.19. The molecule has 0 radical (unpaired) electrons. The quantitative estimate of drug-likeness (QED) is 0.222. The molecule has 132 valence electrons. The fraction of sp³-hybridized carbons (Fsp3) is 0.812. The van der Waals surface area contributed by atoms with Crippen molar-refractivity contribution < 1.29 is 24.2 Å². The Morgan fingerprint density at radius 2 is 1.38 bits per heavy atom. The molecule has 8 heteroatoms. The summed E-state index contributed by atoms with van der Waals surface area (Å²) in [5, 5.41) is 8.49. The number of nitrogens with two attached hydrogens (primary N) is 1. The van der Waals surface area contributed by atoms with Gasteiger partial charge in [-0.25, -0.2) is 4.79 Å². The predicted molar refractivity (Wildman–Crippen MR) is 97.5 cm³/mol. The van der Waals surface area contributed by atoms with Gasteiger partial charge in [0.25, 0.3) is 0 Å². The molecule has 0 saturated carbocycles. The van der Waals surface area contributed by atoms with Crippen molar-refractivity contribution in [2.75, 3.05) is 0 Å². The number of rotatable bonds is 13. The van der Waals surface area contributed by atoms with Crippen LogP contribution in [0, 0.1) is 0 Å². The minimum atomic E-state index is -1.29. The molecule has 0 saturated heterocycles. The molecule has 0 aromatic heterocycles. The number of carbonyl (C=O) groups is 3. The van der Waals surface area contributed by atoms with Crippen molar-refractivity contribution in [3.05, 3.63) is 0 Å². The van der Waals surface area contributed by atoms with Crippen LogP contribution in [0.15, 0.2) is 0 Å². The molecule has 0 spiro atoms. The number of unbranched alkanes of at least 4 members (excludes halogenated alkanes) is 8. The van der Waals surface area contributed by atoms with E-state index in [9.17, 15) is 14.4 Å². The van der Waals surface area contributed by atoms with Crippen molar-refractivity contribution in [2.45, 2.75) is 83.6 Å². The van der Waals surface area contributed by atoms with Gasteiger partial charge in [0.15, 0.2) is 0 Å². The van der Waals surface area contributed by atoms with E-state index in [-0.39, 0.29) is 65.5 Å². The third kappa shape index (κ3) is 18.9. The van der Waals surface area contributed by atoms with Crippen molar-refractivity contribution in [2.24, 2.45) is 5.73 Å². The zero-order valence-corrected chi connectivity index (χ0v) is 13.5. The van der Waals surface area contributed by atoms with Crippen LogP contribution in [0.25, 0.3) is 0 Å². The van der Waals surface area contributed by atoms with Crippen LogP contribution in [0.2, 0.25) is 0 Å². The van der Waals surface area contributed by atoms with E-state index >= 15 is 0 Å². The van der Waals surface area contributed by atoms with Crippen LogP contribution in [-0.4, -0.2) is 88.2 Å². The Morgan fingerprint density at radius 3 is 1.83 bits per heavy atom. The second-order valence-electron chi connectivity index (χ2n) is 5.58. The molecule has 1 unspecified atom stereocenters. The van der Waals surface area contributed by atoms with E-state index in [0.717, 1.165) is 12.8 Å². The van der Waals surface area contributed by atoms with Crippen molar-refractivity contribution in [3.63, 3.8) is 0 Å². The topological polar surface area (TPSA) is 107 Å². The molecule has 0 aromatic rings. The summed E-state index contributed by atoms with van der Waals surface area (Å²) in [6.45, 7) is 2.19. The summed E-state index contributed by atoms with van der Waals surface area (Å²) in [4.78, 5) is 33.1. The van der Waals surface area contributed by atoms with Crippen LogP contribution in [0.5, 0.6) is 0 Å². The van der Waals surface area contributed by atoms with Gasteiger partial charge in [0.1, 0.15) is 6.04 Å². The molecule has 0 aliphatic carbocycles. The van der Waals surface area contributed by atoms with E-state index in [1.54, 1.807) is 0 Å². The van der Waals surface area contributed by atoms with E-state index in [2.05, 4.69) is 11.7 Å². The summed E-state index contributed by atoms with van der Waals surface area (Å²) in [7, 11) is 0. The predicted octanol–water partition coefficient (Wildman–Crippen LogP) is 1.48. The fourth-order valence-electron chi connectivity index (χ4n) is 2.09. The van der Waals surface area contributed by atoms with Gasteiger partial charge in [-0.2, -0.15) is 0 Å². The van der Waals surface area contributed by atoms with Crippen molar-refractivity contribution in [1.82, 2.24) is 0 Å². The van der Waals surface area contributed by atoms with Crippen LogP contribution >= 0.6 is 0 Å². The van der Waals surface area contributed by atoms with E-state index < -0.39 is 30.4 Å². The van der Waals surface area contributed by atoms with Gasteiger partial charge >= 0.3 is 77.0 Å². The summed E-state index contributed by atoms with van der Waals surface area (Å²) in [5.41, 5.74) is 5.30. The normalized spacial score (nSPS) is 10.9. The molecule has 1 atom stereocenters. The molecule has 0 bridgehead atoms. The van der Waals surface area contributed by atoms with Crippen LogP contribution in [0.3, 0.4) is 0 Å².